The van der Waals surface area contributed by atoms with Crippen LogP contribution in [-0.2, 0) is 19.9 Å². The van der Waals surface area contributed by atoms with Gasteiger partial charge >= 0.3 is 0 Å². The van der Waals surface area contributed by atoms with Crippen LogP contribution in [0.25, 0.3) is 0 Å². The molecule has 140 valence electrons. The van der Waals surface area contributed by atoms with Gasteiger partial charge < -0.3 is 4.90 Å². The maximum atomic E-state index is 12.8. The summed E-state index contributed by atoms with van der Waals surface area (Å²) < 4.78 is 50.4. The average Bonchev–Trinajstić information content (AvgIpc) is 2.86. The third-order valence-electron chi connectivity index (χ3n) is 4.03. The molecule has 1 aromatic carbocycles. The summed E-state index contributed by atoms with van der Waals surface area (Å²) in [6.45, 7) is 5.57. The SMILES string of the molecule is CCN(C(=O)c1cccc(S(=O)(=O)NC(C)C)c1)C1CCS(=O)(=O)C1. The number of rotatable bonds is 6. The monoisotopic (exact) mass is 388 g/mol. The van der Waals surface area contributed by atoms with E-state index in [-0.39, 0.29) is 40.0 Å². The maximum Gasteiger partial charge on any atom is 0.254 e. The van der Waals surface area contributed by atoms with E-state index in [9.17, 15) is 21.6 Å². The Morgan fingerprint density at radius 3 is 2.56 bits per heavy atom. The third-order valence-corrected chi connectivity index (χ3v) is 7.44. The number of amides is 1. The summed E-state index contributed by atoms with van der Waals surface area (Å²) in [5.41, 5.74) is 0.234. The molecule has 0 aliphatic carbocycles. The van der Waals surface area contributed by atoms with E-state index in [2.05, 4.69) is 4.72 Å². The van der Waals surface area contributed by atoms with E-state index in [1.165, 1.54) is 23.1 Å². The number of sulfone groups is 1. The molecular weight excluding hydrogens is 364 g/mol. The van der Waals surface area contributed by atoms with Crippen molar-refractivity contribution in [3.05, 3.63) is 29.8 Å². The van der Waals surface area contributed by atoms with Crippen molar-refractivity contribution in [3.8, 4) is 0 Å². The average molecular weight is 389 g/mol. The minimum atomic E-state index is -3.70. The number of benzene rings is 1. The van der Waals surface area contributed by atoms with Crippen molar-refractivity contribution in [1.82, 2.24) is 9.62 Å². The van der Waals surface area contributed by atoms with Gasteiger partial charge in [-0.1, -0.05) is 6.07 Å². The van der Waals surface area contributed by atoms with Crippen molar-refractivity contribution in [2.24, 2.45) is 0 Å². The molecule has 1 fully saturated rings. The van der Waals surface area contributed by atoms with Gasteiger partial charge in [-0.15, -0.1) is 0 Å². The molecule has 25 heavy (non-hydrogen) atoms. The van der Waals surface area contributed by atoms with E-state index in [0.29, 0.717) is 13.0 Å². The van der Waals surface area contributed by atoms with Gasteiger partial charge in [-0.3, -0.25) is 4.79 Å². The Kier molecular flexibility index (Phi) is 5.90. The lowest BCUT2D eigenvalue weighted by atomic mass is 10.1. The first kappa shape index (κ1) is 19.9. The number of hydrogen-bond donors (Lipinski definition) is 1. The lowest BCUT2D eigenvalue weighted by Crippen LogP contribution is -2.41. The van der Waals surface area contributed by atoms with E-state index in [0.717, 1.165) is 0 Å². The Morgan fingerprint density at radius 2 is 2.04 bits per heavy atom. The lowest BCUT2D eigenvalue weighted by molar-refractivity contribution is 0.0708. The van der Waals surface area contributed by atoms with Crippen LogP contribution in [0.1, 0.15) is 37.6 Å². The summed E-state index contributed by atoms with van der Waals surface area (Å²) in [5.74, 6) is -0.320. The highest BCUT2D eigenvalue weighted by Crippen LogP contribution is 2.21. The number of nitrogens with zero attached hydrogens (tertiary/aromatic N) is 1. The first-order chi connectivity index (χ1) is 11.6. The first-order valence-electron chi connectivity index (χ1n) is 8.19. The van der Waals surface area contributed by atoms with Gasteiger partial charge in [0.2, 0.25) is 10.0 Å². The topological polar surface area (TPSA) is 101 Å². The van der Waals surface area contributed by atoms with Crippen molar-refractivity contribution < 1.29 is 21.6 Å². The summed E-state index contributed by atoms with van der Waals surface area (Å²) in [5, 5.41) is 0. The highest BCUT2D eigenvalue weighted by atomic mass is 32.2. The molecular formula is C16H24N2O5S2. The third kappa shape index (κ3) is 4.80. The van der Waals surface area contributed by atoms with E-state index in [1.54, 1.807) is 26.8 Å². The lowest BCUT2D eigenvalue weighted by Gasteiger charge is -2.27. The molecule has 0 saturated carbocycles. The molecule has 0 bridgehead atoms. The molecule has 0 spiro atoms. The van der Waals surface area contributed by atoms with E-state index >= 15 is 0 Å². The number of sulfonamides is 1. The zero-order valence-corrected chi connectivity index (χ0v) is 16.2. The fourth-order valence-electron chi connectivity index (χ4n) is 2.93. The van der Waals surface area contributed by atoms with Crippen LogP contribution < -0.4 is 4.72 Å². The molecule has 7 nitrogen and oxygen atoms in total. The van der Waals surface area contributed by atoms with E-state index < -0.39 is 19.9 Å². The van der Waals surface area contributed by atoms with Gasteiger partial charge in [-0.05, 0) is 45.4 Å². The number of carbonyl (C=O) groups is 1. The molecule has 1 aliphatic rings. The molecule has 1 aromatic rings. The van der Waals surface area contributed by atoms with Crippen LogP contribution >= 0.6 is 0 Å². The quantitative estimate of drug-likeness (QED) is 0.784. The molecule has 2 rings (SSSR count). The molecule has 1 heterocycles. The fourth-order valence-corrected chi connectivity index (χ4v) is 5.96. The first-order valence-corrected chi connectivity index (χ1v) is 11.5. The van der Waals surface area contributed by atoms with Gasteiger partial charge in [0.05, 0.1) is 16.4 Å². The van der Waals surface area contributed by atoms with Gasteiger partial charge in [-0.25, -0.2) is 21.6 Å². The van der Waals surface area contributed by atoms with Crippen LogP contribution in [0.3, 0.4) is 0 Å². The van der Waals surface area contributed by atoms with Gasteiger partial charge in [-0.2, -0.15) is 0 Å². The summed E-state index contributed by atoms with van der Waals surface area (Å²) in [6.07, 6.45) is 0.412. The van der Waals surface area contributed by atoms with Crippen LogP contribution in [0.15, 0.2) is 29.2 Å². The van der Waals surface area contributed by atoms with Gasteiger partial charge in [0.15, 0.2) is 9.84 Å². The second-order valence-electron chi connectivity index (χ2n) is 6.45. The van der Waals surface area contributed by atoms with Gasteiger partial charge in [0.25, 0.3) is 5.91 Å². The molecule has 1 saturated heterocycles. The normalized spacial score (nSPS) is 19.9. The van der Waals surface area contributed by atoms with Crippen molar-refractivity contribution in [2.75, 3.05) is 18.1 Å². The standard InChI is InChI=1S/C16H24N2O5S2/c1-4-18(14-8-9-24(20,21)11-14)16(19)13-6-5-7-15(10-13)25(22,23)17-12(2)3/h5-7,10,12,14,17H,4,8-9,11H2,1-3H3. The van der Waals surface area contributed by atoms with E-state index in [4.69, 9.17) is 0 Å². The van der Waals surface area contributed by atoms with Crippen LogP contribution in [0.4, 0.5) is 0 Å². The fraction of sp³-hybridized carbons (Fsp3) is 0.562. The van der Waals surface area contributed by atoms with Crippen molar-refractivity contribution in [3.63, 3.8) is 0 Å². The largest absolute Gasteiger partial charge is 0.335 e. The Bertz CT molecular complexity index is 847. The second kappa shape index (κ2) is 7.43. The molecule has 9 heteroatoms. The molecule has 0 radical (unpaired) electrons. The van der Waals surface area contributed by atoms with E-state index in [1.807, 2.05) is 0 Å². The molecule has 1 unspecified atom stereocenters. The van der Waals surface area contributed by atoms with Crippen LogP contribution in [0.5, 0.6) is 0 Å². The highest BCUT2D eigenvalue weighted by molar-refractivity contribution is 7.91. The van der Waals surface area contributed by atoms with Gasteiger partial charge in [0.1, 0.15) is 0 Å². The Morgan fingerprint density at radius 1 is 1.36 bits per heavy atom. The Hall–Kier alpha value is -1.45. The predicted octanol–water partition coefficient (Wildman–Crippen LogP) is 1.02. The molecule has 1 aliphatic heterocycles. The van der Waals surface area contributed by atoms with Crippen LogP contribution in [0, 0.1) is 0 Å². The Labute approximate surface area is 149 Å². The maximum absolute atomic E-state index is 12.8. The zero-order valence-electron chi connectivity index (χ0n) is 14.6. The number of nitrogens with one attached hydrogen (secondary N) is 1. The number of carbonyl (C=O) groups excluding carboxylic acids is 1. The smallest absolute Gasteiger partial charge is 0.254 e. The summed E-state index contributed by atoms with van der Waals surface area (Å²) in [4.78, 5) is 14.3. The van der Waals surface area contributed by atoms with Crippen molar-refractivity contribution in [1.29, 1.82) is 0 Å². The molecule has 0 aromatic heterocycles. The summed E-state index contributed by atoms with van der Waals surface area (Å²) >= 11 is 0. The Balaban J connectivity index is 2.29. The zero-order chi connectivity index (χ0) is 18.8. The predicted molar refractivity (Wildman–Crippen MR) is 95.7 cm³/mol. The minimum absolute atomic E-state index is 0.0159. The molecule has 1 atom stereocenters. The van der Waals surface area contributed by atoms with Crippen LogP contribution in [-0.4, -0.2) is 57.8 Å². The summed E-state index contributed by atoms with van der Waals surface area (Å²) in [7, 11) is -6.81. The number of hydrogen-bond acceptors (Lipinski definition) is 5. The van der Waals surface area contributed by atoms with Crippen molar-refractivity contribution in [2.45, 2.75) is 44.2 Å². The van der Waals surface area contributed by atoms with Crippen molar-refractivity contribution >= 4 is 25.8 Å². The molecule has 1 N–H and O–H groups in total. The van der Waals surface area contributed by atoms with Gasteiger partial charge in [0, 0.05) is 24.2 Å². The summed E-state index contributed by atoms with van der Waals surface area (Å²) in [6, 6.07) is 5.19. The second-order valence-corrected chi connectivity index (χ2v) is 10.4. The minimum Gasteiger partial charge on any atom is -0.335 e. The molecule has 1 amide bonds. The highest BCUT2D eigenvalue weighted by Gasteiger charge is 2.34. The van der Waals surface area contributed by atoms with Crippen LogP contribution in [0.2, 0.25) is 0 Å².